The molecule has 0 amide bonds. The van der Waals surface area contributed by atoms with E-state index < -0.39 is 9.84 Å². The molecule has 1 fully saturated rings. The summed E-state index contributed by atoms with van der Waals surface area (Å²) in [5.74, 6) is 0.327. The number of anilines is 1. The van der Waals surface area contributed by atoms with Crippen LogP contribution in [0.1, 0.15) is 12.8 Å². The van der Waals surface area contributed by atoms with Gasteiger partial charge in [-0.1, -0.05) is 0 Å². The lowest BCUT2D eigenvalue weighted by molar-refractivity contribution is 0.209. The zero-order valence-electron chi connectivity index (χ0n) is 10.5. The third-order valence-electron chi connectivity index (χ3n) is 3.41. The maximum absolute atomic E-state index is 11.4. The topological polar surface area (TPSA) is 57.6 Å². The van der Waals surface area contributed by atoms with Crippen molar-refractivity contribution in [3.8, 4) is 0 Å². The highest BCUT2D eigenvalue weighted by Crippen LogP contribution is 2.24. The normalized spacial score (nSPS) is 21.0. The van der Waals surface area contributed by atoms with Gasteiger partial charge in [-0.05, 0) is 43.0 Å². The number of benzene rings is 1. The lowest BCUT2D eigenvalue weighted by Crippen LogP contribution is -2.36. The number of nitrogens with zero attached hydrogens (tertiary/aromatic N) is 1. The average molecular weight is 269 g/mol. The minimum atomic E-state index is -3.12. The summed E-state index contributed by atoms with van der Waals surface area (Å²) in [6.07, 6.45) is 3.35. The Hall–Kier alpha value is -1.07. The molecule has 18 heavy (non-hydrogen) atoms. The van der Waals surface area contributed by atoms with Crippen LogP contribution in [-0.2, 0) is 9.84 Å². The van der Waals surface area contributed by atoms with Crippen molar-refractivity contribution in [2.75, 3.05) is 30.9 Å². The molecule has 1 saturated heterocycles. The van der Waals surface area contributed by atoms with Crippen LogP contribution < -0.4 is 4.90 Å². The van der Waals surface area contributed by atoms with Crippen molar-refractivity contribution < 1.29 is 13.5 Å². The second-order valence-corrected chi connectivity index (χ2v) is 6.92. The molecule has 100 valence electrons. The number of aliphatic hydroxyl groups excluding tert-OH is 1. The van der Waals surface area contributed by atoms with E-state index in [0.29, 0.717) is 10.8 Å². The Morgan fingerprint density at radius 2 is 2.00 bits per heavy atom. The minimum absolute atomic E-state index is 0.220. The molecule has 1 N–H and O–H groups in total. The van der Waals surface area contributed by atoms with Crippen LogP contribution in [-0.4, -0.2) is 39.5 Å². The van der Waals surface area contributed by atoms with Crippen LogP contribution in [0.15, 0.2) is 29.2 Å². The summed E-state index contributed by atoms with van der Waals surface area (Å²) in [7, 11) is -3.12. The lowest BCUT2D eigenvalue weighted by atomic mass is 9.98. The van der Waals surface area contributed by atoms with Crippen LogP contribution in [0.25, 0.3) is 0 Å². The van der Waals surface area contributed by atoms with E-state index in [9.17, 15) is 13.5 Å². The van der Waals surface area contributed by atoms with Crippen molar-refractivity contribution in [2.24, 2.45) is 5.92 Å². The van der Waals surface area contributed by atoms with E-state index in [-0.39, 0.29) is 6.61 Å². The molecular weight excluding hydrogens is 250 g/mol. The largest absolute Gasteiger partial charge is 0.396 e. The predicted molar refractivity (Wildman–Crippen MR) is 71.6 cm³/mol. The standard InChI is InChI=1S/C13H19NO3S/c1-18(16,17)13-6-4-12(5-7-13)14-8-2-3-11(9-14)10-15/h4-7,11,15H,2-3,8-10H2,1H3. The third kappa shape index (κ3) is 3.03. The summed E-state index contributed by atoms with van der Waals surface area (Å²) in [5.41, 5.74) is 1.03. The molecule has 1 aliphatic heterocycles. The fraction of sp³-hybridized carbons (Fsp3) is 0.538. The molecule has 1 unspecified atom stereocenters. The first-order chi connectivity index (χ1) is 8.50. The quantitative estimate of drug-likeness (QED) is 0.898. The molecule has 5 heteroatoms. The van der Waals surface area contributed by atoms with Crippen LogP contribution in [0.3, 0.4) is 0 Å². The Kier molecular flexibility index (Phi) is 3.92. The highest BCUT2D eigenvalue weighted by molar-refractivity contribution is 7.90. The Bertz CT molecular complexity index is 495. The van der Waals surface area contributed by atoms with Gasteiger partial charge in [0, 0.05) is 31.6 Å². The number of sulfone groups is 1. The van der Waals surface area contributed by atoms with E-state index in [2.05, 4.69) is 4.90 Å². The van der Waals surface area contributed by atoms with Crippen molar-refractivity contribution in [1.82, 2.24) is 0 Å². The highest BCUT2D eigenvalue weighted by Gasteiger charge is 2.19. The summed E-state index contributed by atoms with van der Waals surface area (Å²) in [6.45, 7) is 2.03. The molecule has 0 bridgehead atoms. The van der Waals surface area contributed by atoms with Gasteiger partial charge in [0.15, 0.2) is 9.84 Å². The highest BCUT2D eigenvalue weighted by atomic mass is 32.2. The van der Waals surface area contributed by atoms with E-state index in [1.807, 2.05) is 12.1 Å². The Morgan fingerprint density at radius 3 is 2.56 bits per heavy atom. The third-order valence-corrected chi connectivity index (χ3v) is 4.54. The van der Waals surface area contributed by atoms with Gasteiger partial charge in [-0.2, -0.15) is 0 Å². The smallest absolute Gasteiger partial charge is 0.175 e. The molecule has 1 atom stereocenters. The Balaban J connectivity index is 2.14. The van der Waals surface area contributed by atoms with Crippen LogP contribution in [0.2, 0.25) is 0 Å². The fourth-order valence-electron chi connectivity index (χ4n) is 2.35. The monoisotopic (exact) mass is 269 g/mol. The second-order valence-electron chi connectivity index (χ2n) is 4.90. The molecule has 0 aliphatic carbocycles. The number of rotatable bonds is 3. The molecule has 0 spiro atoms. The van der Waals surface area contributed by atoms with Crippen molar-refractivity contribution in [3.05, 3.63) is 24.3 Å². The number of hydrogen-bond acceptors (Lipinski definition) is 4. The fourth-order valence-corrected chi connectivity index (χ4v) is 2.98. The summed E-state index contributed by atoms with van der Waals surface area (Å²) in [4.78, 5) is 2.55. The maximum Gasteiger partial charge on any atom is 0.175 e. The molecule has 1 aromatic carbocycles. The molecule has 0 saturated carbocycles. The van der Waals surface area contributed by atoms with Crippen molar-refractivity contribution in [3.63, 3.8) is 0 Å². The molecule has 1 heterocycles. The van der Waals surface area contributed by atoms with E-state index in [0.717, 1.165) is 31.6 Å². The Labute approximate surface area is 108 Å². The van der Waals surface area contributed by atoms with Gasteiger partial charge in [-0.25, -0.2) is 8.42 Å². The SMILES string of the molecule is CS(=O)(=O)c1ccc(N2CCCC(CO)C2)cc1. The van der Waals surface area contributed by atoms with Crippen molar-refractivity contribution >= 4 is 15.5 Å². The van der Waals surface area contributed by atoms with Gasteiger partial charge in [0.05, 0.1) is 4.90 Å². The predicted octanol–water partition coefficient (Wildman–Crippen LogP) is 1.30. The molecule has 4 nitrogen and oxygen atoms in total. The van der Waals surface area contributed by atoms with Crippen LogP contribution in [0.4, 0.5) is 5.69 Å². The second kappa shape index (κ2) is 5.28. The molecule has 2 rings (SSSR count). The Morgan fingerprint density at radius 1 is 1.33 bits per heavy atom. The zero-order chi connectivity index (χ0) is 13.2. The van der Waals surface area contributed by atoms with Crippen LogP contribution in [0, 0.1) is 5.92 Å². The number of aliphatic hydroxyl groups is 1. The number of piperidine rings is 1. The first-order valence-corrected chi connectivity index (χ1v) is 8.06. The van der Waals surface area contributed by atoms with E-state index in [1.165, 1.54) is 6.26 Å². The van der Waals surface area contributed by atoms with Crippen LogP contribution >= 0.6 is 0 Å². The molecule has 0 radical (unpaired) electrons. The van der Waals surface area contributed by atoms with Gasteiger partial charge in [0.2, 0.25) is 0 Å². The van der Waals surface area contributed by atoms with Gasteiger partial charge in [0.1, 0.15) is 0 Å². The molecule has 1 aliphatic rings. The average Bonchev–Trinajstić information content (AvgIpc) is 2.38. The van der Waals surface area contributed by atoms with Crippen LogP contribution in [0.5, 0.6) is 0 Å². The van der Waals surface area contributed by atoms with Crippen molar-refractivity contribution in [2.45, 2.75) is 17.7 Å². The van der Waals surface area contributed by atoms with E-state index >= 15 is 0 Å². The van der Waals surface area contributed by atoms with E-state index in [1.54, 1.807) is 12.1 Å². The van der Waals surface area contributed by atoms with Gasteiger partial charge in [-0.15, -0.1) is 0 Å². The van der Waals surface area contributed by atoms with Gasteiger partial charge in [0.25, 0.3) is 0 Å². The van der Waals surface area contributed by atoms with Gasteiger partial charge >= 0.3 is 0 Å². The minimum Gasteiger partial charge on any atom is -0.396 e. The first kappa shape index (κ1) is 13.4. The summed E-state index contributed by atoms with van der Waals surface area (Å²) < 4.78 is 22.7. The zero-order valence-corrected chi connectivity index (χ0v) is 11.4. The maximum atomic E-state index is 11.4. The molecule has 1 aromatic rings. The van der Waals surface area contributed by atoms with E-state index in [4.69, 9.17) is 0 Å². The van der Waals surface area contributed by atoms with Gasteiger partial charge in [-0.3, -0.25) is 0 Å². The molecular formula is C13H19NO3S. The van der Waals surface area contributed by atoms with Gasteiger partial charge < -0.3 is 10.0 Å². The lowest BCUT2D eigenvalue weighted by Gasteiger charge is -2.33. The summed E-state index contributed by atoms with van der Waals surface area (Å²) in [6, 6.07) is 6.98. The first-order valence-electron chi connectivity index (χ1n) is 6.16. The summed E-state index contributed by atoms with van der Waals surface area (Å²) >= 11 is 0. The van der Waals surface area contributed by atoms with Crippen molar-refractivity contribution in [1.29, 1.82) is 0 Å². The summed E-state index contributed by atoms with van der Waals surface area (Å²) in [5, 5.41) is 9.20. The molecule has 0 aromatic heterocycles. The number of hydrogen-bond donors (Lipinski definition) is 1.